The number of rotatable bonds is 6. The molecule has 0 saturated carbocycles. The lowest BCUT2D eigenvalue weighted by molar-refractivity contribution is -0.120. The SMILES string of the molecule is COc1ccc(NC2=C(Sc3ccccc3)C(=O)N(c3ccccc3F)C2=O)cc1. The molecule has 7 heteroatoms. The van der Waals surface area contributed by atoms with Crippen molar-refractivity contribution in [2.24, 2.45) is 0 Å². The molecule has 1 aliphatic rings. The summed E-state index contributed by atoms with van der Waals surface area (Å²) in [5.41, 5.74) is 0.626. The number of halogens is 1. The number of methoxy groups -OCH3 is 1. The first kappa shape index (κ1) is 19.7. The van der Waals surface area contributed by atoms with Gasteiger partial charge in [-0.2, -0.15) is 0 Å². The third-order valence-electron chi connectivity index (χ3n) is 4.46. The Morgan fingerprint density at radius 1 is 0.867 bits per heavy atom. The molecule has 0 atom stereocenters. The summed E-state index contributed by atoms with van der Waals surface area (Å²) in [7, 11) is 1.56. The third kappa shape index (κ3) is 3.79. The Morgan fingerprint density at radius 3 is 2.20 bits per heavy atom. The van der Waals surface area contributed by atoms with Crippen molar-refractivity contribution >= 4 is 35.0 Å². The van der Waals surface area contributed by atoms with Crippen molar-refractivity contribution in [1.29, 1.82) is 0 Å². The maximum Gasteiger partial charge on any atom is 0.283 e. The Labute approximate surface area is 177 Å². The Hall–Kier alpha value is -3.58. The summed E-state index contributed by atoms with van der Waals surface area (Å²) in [6, 6.07) is 21.9. The zero-order valence-electron chi connectivity index (χ0n) is 16.0. The lowest BCUT2D eigenvalue weighted by Gasteiger charge is -2.16. The van der Waals surface area contributed by atoms with Crippen molar-refractivity contribution in [3.63, 3.8) is 0 Å². The van der Waals surface area contributed by atoms with Gasteiger partial charge in [-0.25, -0.2) is 9.29 Å². The molecule has 0 bridgehead atoms. The van der Waals surface area contributed by atoms with E-state index in [1.54, 1.807) is 37.4 Å². The van der Waals surface area contributed by atoms with Crippen molar-refractivity contribution < 1.29 is 18.7 Å². The van der Waals surface area contributed by atoms with Crippen LogP contribution >= 0.6 is 11.8 Å². The number of para-hydroxylation sites is 1. The van der Waals surface area contributed by atoms with Gasteiger partial charge in [-0.15, -0.1) is 0 Å². The second kappa shape index (κ2) is 8.42. The number of amides is 2. The summed E-state index contributed by atoms with van der Waals surface area (Å²) in [6.45, 7) is 0. The van der Waals surface area contributed by atoms with Crippen LogP contribution in [-0.2, 0) is 9.59 Å². The largest absolute Gasteiger partial charge is 0.497 e. The molecule has 1 aliphatic heterocycles. The average Bonchev–Trinajstić information content (AvgIpc) is 2.99. The molecule has 5 nitrogen and oxygen atoms in total. The van der Waals surface area contributed by atoms with E-state index in [1.807, 2.05) is 30.3 Å². The average molecular weight is 420 g/mol. The minimum Gasteiger partial charge on any atom is -0.497 e. The number of imide groups is 1. The molecular weight excluding hydrogens is 403 g/mol. The lowest BCUT2D eigenvalue weighted by atomic mass is 10.2. The summed E-state index contributed by atoms with van der Waals surface area (Å²) < 4.78 is 19.5. The molecule has 150 valence electrons. The van der Waals surface area contributed by atoms with Crippen molar-refractivity contribution in [2.75, 3.05) is 17.3 Å². The van der Waals surface area contributed by atoms with Gasteiger partial charge in [0.1, 0.15) is 22.2 Å². The predicted molar refractivity (Wildman–Crippen MR) is 115 cm³/mol. The van der Waals surface area contributed by atoms with E-state index < -0.39 is 17.6 Å². The van der Waals surface area contributed by atoms with Crippen LogP contribution < -0.4 is 15.0 Å². The van der Waals surface area contributed by atoms with E-state index in [-0.39, 0.29) is 16.3 Å². The molecule has 0 fully saturated rings. The molecule has 0 aromatic heterocycles. The van der Waals surface area contributed by atoms with E-state index in [0.717, 1.165) is 21.6 Å². The summed E-state index contributed by atoms with van der Waals surface area (Å²) in [5, 5.41) is 3.03. The predicted octanol–water partition coefficient (Wildman–Crippen LogP) is 4.82. The van der Waals surface area contributed by atoms with Crippen molar-refractivity contribution in [2.45, 2.75) is 4.90 Å². The minimum absolute atomic E-state index is 0.0785. The number of nitrogens with one attached hydrogen (secondary N) is 1. The van der Waals surface area contributed by atoms with Crippen LogP contribution in [0.3, 0.4) is 0 Å². The number of anilines is 2. The van der Waals surface area contributed by atoms with Gasteiger partial charge in [-0.3, -0.25) is 9.59 Å². The molecule has 3 aromatic rings. The molecule has 1 heterocycles. The zero-order chi connectivity index (χ0) is 21.1. The number of carbonyl (C=O) groups is 2. The van der Waals surface area contributed by atoms with E-state index in [9.17, 15) is 14.0 Å². The van der Waals surface area contributed by atoms with Gasteiger partial charge in [0.2, 0.25) is 0 Å². The van der Waals surface area contributed by atoms with Gasteiger partial charge in [0, 0.05) is 10.6 Å². The lowest BCUT2D eigenvalue weighted by Crippen LogP contribution is -2.33. The highest BCUT2D eigenvalue weighted by Crippen LogP contribution is 2.38. The van der Waals surface area contributed by atoms with E-state index in [4.69, 9.17) is 4.74 Å². The van der Waals surface area contributed by atoms with Crippen molar-refractivity contribution in [3.05, 3.63) is 95.3 Å². The van der Waals surface area contributed by atoms with Gasteiger partial charge in [-0.1, -0.05) is 42.1 Å². The second-order valence-corrected chi connectivity index (χ2v) is 7.45. The first-order valence-corrected chi connectivity index (χ1v) is 9.91. The van der Waals surface area contributed by atoms with Gasteiger partial charge < -0.3 is 10.1 Å². The zero-order valence-corrected chi connectivity index (χ0v) is 16.8. The fourth-order valence-electron chi connectivity index (χ4n) is 2.99. The molecule has 0 aliphatic carbocycles. The van der Waals surface area contributed by atoms with Gasteiger partial charge in [-0.05, 0) is 48.5 Å². The van der Waals surface area contributed by atoms with E-state index in [2.05, 4.69) is 5.32 Å². The fraction of sp³-hybridized carbons (Fsp3) is 0.0435. The third-order valence-corrected chi connectivity index (χ3v) is 5.55. The molecule has 1 N–H and O–H groups in total. The fourth-order valence-corrected chi connectivity index (χ4v) is 3.94. The number of nitrogens with zero attached hydrogens (tertiary/aromatic N) is 1. The highest BCUT2D eigenvalue weighted by atomic mass is 32.2. The van der Waals surface area contributed by atoms with Crippen LogP contribution in [-0.4, -0.2) is 18.9 Å². The van der Waals surface area contributed by atoms with Gasteiger partial charge in [0.05, 0.1) is 12.8 Å². The number of hydrogen-bond acceptors (Lipinski definition) is 5. The number of carbonyl (C=O) groups excluding carboxylic acids is 2. The quantitative estimate of drug-likeness (QED) is 0.579. The highest BCUT2D eigenvalue weighted by molar-refractivity contribution is 8.04. The topological polar surface area (TPSA) is 58.6 Å². The molecule has 0 saturated heterocycles. The number of thioether (sulfide) groups is 1. The highest BCUT2D eigenvalue weighted by Gasteiger charge is 2.41. The molecule has 0 unspecified atom stereocenters. The smallest absolute Gasteiger partial charge is 0.283 e. The van der Waals surface area contributed by atoms with Crippen LogP contribution in [0.1, 0.15) is 0 Å². The van der Waals surface area contributed by atoms with Crippen LogP contribution in [0.4, 0.5) is 15.8 Å². The van der Waals surface area contributed by atoms with Gasteiger partial charge >= 0.3 is 0 Å². The van der Waals surface area contributed by atoms with Crippen LogP contribution in [0.5, 0.6) is 5.75 Å². The molecule has 4 rings (SSSR count). The van der Waals surface area contributed by atoms with Crippen molar-refractivity contribution in [3.8, 4) is 5.75 Å². The Morgan fingerprint density at radius 2 is 1.53 bits per heavy atom. The number of benzene rings is 3. The van der Waals surface area contributed by atoms with Crippen LogP contribution in [0.15, 0.2) is 94.4 Å². The van der Waals surface area contributed by atoms with Crippen LogP contribution in [0.2, 0.25) is 0 Å². The minimum atomic E-state index is -0.644. The van der Waals surface area contributed by atoms with Crippen LogP contribution in [0.25, 0.3) is 0 Å². The molecule has 30 heavy (non-hydrogen) atoms. The van der Waals surface area contributed by atoms with Gasteiger partial charge in [0.15, 0.2) is 0 Å². The van der Waals surface area contributed by atoms with Crippen molar-refractivity contribution in [1.82, 2.24) is 0 Å². The van der Waals surface area contributed by atoms with E-state index >= 15 is 0 Å². The van der Waals surface area contributed by atoms with E-state index in [1.165, 1.54) is 18.2 Å². The summed E-state index contributed by atoms with van der Waals surface area (Å²) in [6.07, 6.45) is 0. The monoisotopic (exact) mass is 420 g/mol. The normalized spacial score (nSPS) is 13.7. The standard InChI is InChI=1S/C23H17FN2O3S/c1-29-16-13-11-15(12-14-16)25-20-21(30-17-7-3-2-4-8-17)23(28)26(22(20)27)19-10-6-5-9-18(19)24/h2-14,25H,1H3. The number of ether oxygens (including phenoxy) is 1. The summed E-state index contributed by atoms with van der Waals surface area (Å²) >= 11 is 1.16. The molecule has 3 aromatic carbocycles. The molecule has 2 amide bonds. The maximum atomic E-state index is 14.4. The Kier molecular flexibility index (Phi) is 5.54. The second-order valence-electron chi connectivity index (χ2n) is 6.37. The van der Waals surface area contributed by atoms with Crippen LogP contribution in [0, 0.1) is 5.82 Å². The molecular formula is C23H17FN2O3S. The summed E-state index contributed by atoms with van der Waals surface area (Å²) in [4.78, 5) is 28.2. The Balaban J connectivity index is 1.74. The first-order chi connectivity index (χ1) is 14.6. The maximum absolute atomic E-state index is 14.4. The Bertz CT molecular complexity index is 1130. The summed E-state index contributed by atoms with van der Waals surface area (Å²) in [5.74, 6) is -1.17. The first-order valence-electron chi connectivity index (χ1n) is 9.10. The molecule has 0 radical (unpaired) electrons. The molecule has 0 spiro atoms. The van der Waals surface area contributed by atoms with Gasteiger partial charge in [0.25, 0.3) is 11.8 Å². The number of hydrogen-bond donors (Lipinski definition) is 1. The van der Waals surface area contributed by atoms with E-state index in [0.29, 0.717) is 11.4 Å².